The first-order valence-corrected chi connectivity index (χ1v) is 6.10. The first-order chi connectivity index (χ1) is 7.79. The molecular formula is C13H24N4. The molecule has 0 aromatic carbocycles. The van der Waals surface area contributed by atoms with Gasteiger partial charge >= 0.3 is 0 Å². The van der Waals surface area contributed by atoms with E-state index in [1.165, 1.54) is 0 Å². The lowest BCUT2D eigenvalue weighted by Gasteiger charge is -2.22. The van der Waals surface area contributed by atoms with E-state index in [4.69, 9.17) is 0 Å². The topological polar surface area (TPSA) is 41.0 Å². The molecule has 1 heterocycles. The number of hydrogen-bond donors (Lipinski definition) is 1. The molecule has 4 heteroatoms. The van der Waals surface area contributed by atoms with E-state index >= 15 is 0 Å². The molecule has 0 saturated heterocycles. The van der Waals surface area contributed by atoms with E-state index in [0.717, 1.165) is 18.1 Å². The third-order valence-corrected chi connectivity index (χ3v) is 2.64. The summed E-state index contributed by atoms with van der Waals surface area (Å²) in [5.74, 6) is 0.916. The monoisotopic (exact) mass is 236 g/mol. The molecule has 0 unspecified atom stereocenters. The molecule has 0 fully saturated rings. The molecule has 4 nitrogen and oxygen atoms in total. The lowest BCUT2D eigenvalue weighted by molar-refractivity contribution is 0.420. The van der Waals surface area contributed by atoms with Gasteiger partial charge in [0.15, 0.2) is 5.82 Å². The Balaban J connectivity index is 2.62. The molecule has 17 heavy (non-hydrogen) atoms. The van der Waals surface area contributed by atoms with Crippen molar-refractivity contribution < 1.29 is 0 Å². The minimum Gasteiger partial charge on any atom is -0.356 e. The van der Waals surface area contributed by atoms with Crippen LogP contribution in [0.3, 0.4) is 0 Å². The van der Waals surface area contributed by atoms with Gasteiger partial charge in [0.1, 0.15) is 0 Å². The summed E-state index contributed by atoms with van der Waals surface area (Å²) < 4.78 is 0. The van der Waals surface area contributed by atoms with E-state index < -0.39 is 0 Å². The molecule has 0 aliphatic rings. The quantitative estimate of drug-likeness (QED) is 0.870. The molecule has 0 saturated carbocycles. The summed E-state index contributed by atoms with van der Waals surface area (Å²) in [6, 6.07) is 4.48. The van der Waals surface area contributed by atoms with E-state index in [1.54, 1.807) is 0 Å². The molecule has 1 aromatic heterocycles. The molecule has 1 aromatic rings. The van der Waals surface area contributed by atoms with Gasteiger partial charge in [-0.3, -0.25) is 0 Å². The van der Waals surface area contributed by atoms with Gasteiger partial charge in [-0.25, -0.2) is 0 Å². The SMILES string of the molecule is CC(C)N(C)c1ccc(CNC(C)(C)C)nn1. The van der Waals surface area contributed by atoms with Gasteiger partial charge in [-0.1, -0.05) is 0 Å². The van der Waals surface area contributed by atoms with Crippen molar-refractivity contribution in [3.05, 3.63) is 17.8 Å². The Morgan fingerprint density at radius 2 is 1.88 bits per heavy atom. The minimum atomic E-state index is 0.106. The van der Waals surface area contributed by atoms with Gasteiger partial charge in [-0.15, -0.1) is 5.10 Å². The van der Waals surface area contributed by atoms with Crippen LogP contribution < -0.4 is 10.2 Å². The van der Waals surface area contributed by atoms with E-state index in [-0.39, 0.29) is 5.54 Å². The number of aromatic nitrogens is 2. The number of rotatable bonds is 4. The van der Waals surface area contributed by atoms with Gasteiger partial charge in [-0.2, -0.15) is 5.10 Å². The van der Waals surface area contributed by atoms with Crippen LogP contribution in [-0.4, -0.2) is 28.8 Å². The number of hydrogen-bond acceptors (Lipinski definition) is 4. The fraction of sp³-hybridized carbons (Fsp3) is 0.692. The molecule has 0 spiro atoms. The van der Waals surface area contributed by atoms with E-state index in [0.29, 0.717) is 6.04 Å². The molecule has 1 N–H and O–H groups in total. The van der Waals surface area contributed by atoms with Crippen molar-refractivity contribution in [2.24, 2.45) is 0 Å². The third-order valence-electron chi connectivity index (χ3n) is 2.64. The van der Waals surface area contributed by atoms with Crippen LogP contribution in [0.4, 0.5) is 5.82 Å². The zero-order valence-corrected chi connectivity index (χ0v) is 11.8. The fourth-order valence-corrected chi connectivity index (χ4v) is 1.26. The first-order valence-electron chi connectivity index (χ1n) is 6.10. The zero-order valence-electron chi connectivity index (χ0n) is 11.8. The largest absolute Gasteiger partial charge is 0.356 e. The maximum Gasteiger partial charge on any atom is 0.151 e. The highest BCUT2D eigenvalue weighted by atomic mass is 15.3. The summed E-state index contributed by atoms with van der Waals surface area (Å²) in [7, 11) is 2.03. The summed E-state index contributed by atoms with van der Waals surface area (Å²) in [6.45, 7) is 11.4. The van der Waals surface area contributed by atoms with E-state index in [2.05, 4.69) is 55.0 Å². The van der Waals surface area contributed by atoms with E-state index in [9.17, 15) is 0 Å². The molecule has 0 aliphatic heterocycles. The summed E-state index contributed by atoms with van der Waals surface area (Å²) in [5.41, 5.74) is 1.08. The minimum absolute atomic E-state index is 0.106. The average Bonchev–Trinajstić information content (AvgIpc) is 2.25. The highest BCUT2D eigenvalue weighted by Crippen LogP contribution is 2.10. The summed E-state index contributed by atoms with van der Waals surface area (Å²) in [4.78, 5) is 2.11. The van der Waals surface area contributed by atoms with Crippen LogP contribution in [0.1, 0.15) is 40.3 Å². The Kier molecular flexibility index (Phi) is 4.46. The fourth-order valence-electron chi connectivity index (χ4n) is 1.26. The van der Waals surface area contributed by atoms with Gasteiger partial charge in [0.2, 0.25) is 0 Å². The van der Waals surface area contributed by atoms with Crippen molar-refractivity contribution >= 4 is 5.82 Å². The second kappa shape index (κ2) is 5.45. The maximum absolute atomic E-state index is 4.24. The van der Waals surface area contributed by atoms with Gasteiger partial charge in [0.05, 0.1) is 5.69 Å². The lowest BCUT2D eigenvalue weighted by Crippen LogP contribution is -2.35. The molecule has 0 aliphatic carbocycles. The number of nitrogens with zero attached hydrogens (tertiary/aromatic N) is 3. The predicted molar refractivity (Wildman–Crippen MR) is 72.2 cm³/mol. The molecule has 0 bridgehead atoms. The van der Waals surface area contributed by atoms with Gasteiger partial charge < -0.3 is 10.2 Å². The third kappa shape index (κ3) is 4.69. The van der Waals surface area contributed by atoms with Gasteiger partial charge in [0, 0.05) is 25.2 Å². The van der Waals surface area contributed by atoms with E-state index in [1.807, 2.05) is 19.2 Å². The molecular weight excluding hydrogens is 212 g/mol. The van der Waals surface area contributed by atoms with Crippen molar-refractivity contribution in [3.8, 4) is 0 Å². The van der Waals surface area contributed by atoms with Crippen LogP contribution in [0.15, 0.2) is 12.1 Å². The molecule has 96 valence electrons. The molecule has 1 rings (SSSR count). The summed E-state index contributed by atoms with van der Waals surface area (Å²) >= 11 is 0. The molecule has 0 amide bonds. The average molecular weight is 236 g/mol. The highest BCUT2D eigenvalue weighted by Gasteiger charge is 2.10. The van der Waals surface area contributed by atoms with Crippen molar-refractivity contribution in [2.75, 3.05) is 11.9 Å². The predicted octanol–water partition coefficient (Wildman–Crippen LogP) is 2.21. The second-order valence-electron chi connectivity index (χ2n) is 5.69. The maximum atomic E-state index is 4.24. The Bertz CT molecular complexity index is 337. The lowest BCUT2D eigenvalue weighted by atomic mass is 10.1. The molecule has 0 atom stereocenters. The summed E-state index contributed by atoms with van der Waals surface area (Å²) in [5, 5.41) is 11.9. The van der Waals surface area contributed by atoms with Crippen LogP contribution in [0, 0.1) is 0 Å². The molecule has 0 radical (unpaired) electrons. The van der Waals surface area contributed by atoms with Crippen LogP contribution in [-0.2, 0) is 6.54 Å². The second-order valence-corrected chi connectivity index (χ2v) is 5.69. The van der Waals surface area contributed by atoms with Crippen molar-refractivity contribution in [1.82, 2.24) is 15.5 Å². The Labute approximate surface area is 104 Å². The first kappa shape index (κ1) is 13.9. The van der Waals surface area contributed by atoms with Crippen LogP contribution >= 0.6 is 0 Å². The van der Waals surface area contributed by atoms with Crippen molar-refractivity contribution in [1.29, 1.82) is 0 Å². The van der Waals surface area contributed by atoms with Gasteiger partial charge in [-0.05, 0) is 46.8 Å². The Hall–Kier alpha value is -1.16. The smallest absolute Gasteiger partial charge is 0.151 e. The Morgan fingerprint density at radius 1 is 1.24 bits per heavy atom. The van der Waals surface area contributed by atoms with Gasteiger partial charge in [0.25, 0.3) is 0 Å². The highest BCUT2D eigenvalue weighted by molar-refractivity contribution is 5.36. The number of nitrogens with one attached hydrogen (secondary N) is 1. The van der Waals surface area contributed by atoms with Crippen molar-refractivity contribution in [3.63, 3.8) is 0 Å². The Morgan fingerprint density at radius 3 is 2.29 bits per heavy atom. The van der Waals surface area contributed by atoms with Crippen molar-refractivity contribution in [2.45, 2.75) is 52.7 Å². The summed E-state index contributed by atoms with van der Waals surface area (Å²) in [6.07, 6.45) is 0. The standard InChI is InChI=1S/C13H24N4/c1-10(2)17(6)12-8-7-11(15-16-12)9-14-13(3,4)5/h7-8,10,14H,9H2,1-6H3. The number of anilines is 1. The van der Waals surface area contributed by atoms with Crippen LogP contribution in [0.5, 0.6) is 0 Å². The van der Waals surface area contributed by atoms with Crippen LogP contribution in [0.2, 0.25) is 0 Å². The normalized spacial score (nSPS) is 11.9. The van der Waals surface area contributed by atoms with Crippen LogP contribution in [0.25, 0.3) is 0 Å². The zero-order chi connectivity index (χ0) is 13.1.